The fraction of sp³-hybridized carbons (Fsp3) is 0.444. The van der Waals surface area contributed by atoms with E-state index in [0.29, 0.717) is 0 Å². The van der Waals surface area contributed by atoms with Crippen LogP contribution in [0.3, 0.4) is 0 Å². The number of rotatable bonds is 4. The van der Waals surface area contributed by atoms with Crippen LogP contribution in [0.5, 0.6) is 0 Å². The van der Waals surface area contributed by atoms with Crippen LogP contribution in [-0.2, 0) is 16.0 Å². The number of nitrogens with zero attached hydrogens (tertiary/aromatic N) is 1. The highest BCUT2D eigenvalue weighted by Crippen LogP contribution is 2.25. The molecule has 2 N–H and O–H groups in total. The Balaban J connectivity index is 2.92. The van der Waals surface area contributed by atoms with Gasteiger partial charge in [0.25, 0.3) is 0 Å². The fourth-order valence-corrected chi connectivity index (χ4v) is 1.96. The number of aromatic nitrogens is 1. The number of carboxylic acid groups (broad SMARTS) is 1. The second-order valence-electron chi connectivity index (χ2n) is 3.36. The molecule has 1 aromatic heterocycles. The maximum absolute atomic E-state index is 11.5. The molecule has 0 bridgehead atoms. The van der Waals surface area contributed by atoms with Crippen LogP contribution in [0.1, 0.15) is 11.8 Å². The largest absolute Gasteiger partial charge is 0.480 e. The van der Waals surface area contributed by atoms with Crippen LogP contribution in [0, 0.1) is 5.41 Å². The standard InChI is InChI=1S/C9H12N2O3S/c1-9(8(13)14,7(12)10-2)3-6-4-11-5-15-6/h4-5H,3H2,1-2H3,(H,10,12)(H,13,14). The monoisotopic (exact) mass is 228 g/mol. The highest BCUT2D eigenvalue weighted by molar-refractivity contribution is 7.09. The molecule has 5 nitrogen and oxygen atoms in total. The van der Waals surface area contributed by atoms with Gasteiger partial charge in [0.05, 0.1) is 5.51 Å². The minimum absolute atomic E-state index is 0.159. The Kier molecular flexibility index (Phi) is 3.41. The molecule has 0 aliphatic heterocycles. The van der Waals surface area contributed by atoms with Crippen molar-refractivity contribution in [3.05, 3.63) is 16.6 Å². The van der Waals surface area contributed by atoms with Gasteiger partial charge in [0, 0.05) is 24.5 Å². The number of amides is 1. The van der Waals surface area contributed by atoms with E-state index in [1.54, 1.807) is 11.7 Å². The van der Waals surface area contributed by atoms with E-state index in [2.05, 4.69) is 10.3 Å². The highest BCUT2D eigenvalue weighted by Gasteiger charge is 2.41. The van der Waals surface area contributed by atoms with Gasteiger partial charge in [0.15, 0.2) is 0 Å². The number of thiazole rings is 1. The van der Waals surface area contributed by atoms with Gasteiger partial charge in [-0.3, -0.25) is 14.6 Å². The average molecular weight is 228 g/mol. The lowest BCUT2D eigenvalue weighted by Gasteiger charge is -2.21. The van der Waals surface area contributed by atoms with E-state index >= 15 is 0 Å². The summed E-state index contributed by atoms with van der Waals surface area (Å²) in [7, 11) is 1.43. The van der Waals surface area contributed by atoms with Gasteiger partial charge >= 0.3 is 5.97 Å². The lowest BCUT2D eigenvalue weighted by atomic mass is 9.85. The zero-order chi connectivity index (χ0) is 11.5. The molecule has 0 saturated heterocycles. The van der Waals surface area contributed by atoms with Crippen molar-refractivity contribution < 1.29 is 14.7 Å². The summed E-state index contributed by atoms with van der Waals surface area (Å²) in [5, 5.41) is 11.4. The minimum Gasteiger partial charge on any atom is -0.480 e. The van der Waals surface area contributed by atoms with Crippen molar-refractivity contribution in [3.8, 4) is 0 Å². The molecule has 1 heterocycles. The summed E-state index contributed by atoms with van der Waals surface area (Å²) in [5.41, 5.74) is 0.183. The Labute approximate surface area is 91.1 Å². The van der Waals surface area contributed by atoms with Gasteiger partial charge in [-0.2, -0.15) is 0 Å². The second kappa shape index (κ2) is 4.39. The van der Waals surface area contributed by atoms with Crippen LogP contribution < -0.4 is 5.32 Å². The molecule has 0 saturated carbocycles. The number of hydrogen-bond acceptors (Lipinski definition) is 4. The Bertz CT molecular complexity index is 363. The van der Waals surface area contributed by atoms with E-state index in [1.165, 1.54) is 25.3 Å². The number of nitrogens with one attached hydrogen (secondary N) is 1. The maximum atomic E-state index is 11.5. The van der Waals surface area contributed by atoms with Crippen LogP contribution in [0.4, 0.5) is 0 Å². The van der Waals surface area contributed by atoms with E-state index in [1.807, 2.05) is 0 Å². The van der Waals surface area contributed by atoms with E-state index in [4.69, 9.17) is 5.11 Å². The van der Waals surface area contributed by atoms with Crippen molar-refractivity contribution in [3.63, 3.8) is 0 Å². The lowest BCUT2D eigenvalue weighted by molar-refractivity contribution is -0.154. The molecule has 6 heteroatoms. The van der Waals surface area contributed by atoms with Crippen LogP contribution in [0.15, 0.2) is 11.7 Å². The Morgan fingerprint density at radius 1 is 1.67 bits per heavy atom. The molecule has 1 rings (SSSR count). The van der Waals surface area contributed by atoms with Crippen molar-refractivity contribution in [1.29, 1.82) is 0 Å². The Morgan fingerprint density at radius 3 is 2.73 bits per heavy atom. The number of carbonyl (C=O) groups excluding carboxylic acids is 1. The molecular formula is C9H12N2O3S. The normalized spacial score (nSPS) is 14.3. The van der Waals surface area contributed by atoms with Gasteiger partial charge in [-0.1, -0.05) is 0 Å². The first-order valence-electron chi connectivity index (χ1n) is 4.33. The second-order valence-corrected chi connectivity index (χ2v) is 4.33. The van der Waals surface area contributed by atoms with Crippen molar-refractivity contribution >= 4 is 23.2 Å². The zero-order valence-corrected chi connectivity index (χ0v) is 9.30. The molecule has 1 atom stereocenters. The summed E-state index contributed by atoms with van der Waals surface area (Å²) in [6, 6.07) is 0. The van der Waals surface area contributed by atoms with E-state index < -0.39 is 17.3 Å². The van der Waals surface area contributed by atoms with E-state index in [9.17, 15) is 9.59 Å². The van der Waals surface area contributed by atoms with Gasteiger partial charge < -0.3 is 10.4 Å². The number of carbonyl (C=O) groups is 2. The molecule has 0 radical (unpaired) electrons. The van der Waals surface area contributed by atoms with Crippen molar-refractivity contribution in [2.45, 2.75) is 13.3 Å². The van der Waals surface area contributed by atoms with Crippen molar-refractivity contribution in [2.75, 3.05) is 7.05 Å². The Morgan fingerprint density at radius 2 is 2.33 bits per heavy atom. The summed E-state index contributed by atoms with van der Waals surface area (Å²) in [4.78, 5) is 27.2. The third-order valence-corrected chi connectivity index (χ3v) is 2.99. The van der Waals surface area contributed by atoms with Crippen LogP contribution in [0.2, 0.25) is 0 Å². The third-order valence-electron chi connectivity index (χ3n) is 2.21. The van der Waals surface area contributed by atoms with Gasteiger partial charge in [-0.15, -0.1) is 11.3 Å². The topological polar surface area (TPSA) is 79.3 Å². The molecule has 0 aliphatic carbocycles. The van der Waals surface area contributed by atoms with E-state index in [-0.39, 0.29) is 6.42 Å². The minimum atomic E-state index is -1.43. The predicted molar refractivity (Wildman–Crippen MR) is 55.6 cm³/mol. The van der Waals surface area contributed by atoms with Gasteiger partial charge in [-0.05, 0) is 6.92 Å². The number of aliphatic carboxylic acids is 1. The first kappa shape index (κ1) is 11.6. The SMILES string of the molecule is CNC(=O)C(C)(Cc1cncs1)C(=O)O. The number of carboxylic acids is 1. The first-order valence-corrected chi connectivity index (χ1v) is 5.21. The summed E-state index contributed by atoms with van der Waals surface area (Å²) < 4.78 is 0. The molecule has 0 fully saturated rings. The van der Waals surface area contributed by atoms with Crippen LogP contribution in [-0.4, -0.2) is 29.0 Å². The average Bonchev–Trinajstić information content (AvgIpc) is 2.68. The molecule has 1 unspecified atom stereocenters. The molecule has 15 heavy (non-hydrogen) atoms. The third kappa shape index (κ3) is 2.33. The molecular weight excluding hydrogens is 216 g/mol. The van der Waals surface area contributed by atoms with Crippen LogP contribution >= 0.6 is 11.3 Å². The lowest BCUT2D eigenvalue weighted by Crippen LogP contribution is -2.44. The molecule has 1 amide bonds. The molecule has 82 valence electrons. The molecule has 0 aliphatic rings. The zero-order valence-electron chi connectivity index (χ0n) is 8.48. The van der Waals surface area contributed by atoms with Gasteiger partial charge in [0.1, 0.15) is 5.41 Å². The maximum Gasteiger partial charge on any atom is 0.319 e. The first-order chi connectivity index (χ1) is 7.00. The summed E-state index contributed by atoms with van der Waals surface area (Å²) >= 11 is 1.34. The fourth-order valence-electron chi connectivity index (χ4n) is 1.21. The smallest absolute Gasteiger partial charge is 0.319 e. The summed E-state index contributed by atoms with van der Waals surface area (Å²) in [6.07, 6.45) is 1.74. The number of hydrogen-bond donors (Lipinski definition) is 2. The Hall–Kier alpha value is -1.43. The summed E-state index contributed by atoms with van der Waals surface area (Å²) in [5.74, 6) is -1.63. The van der Waals surface area contributed by atoms with E-state index in [0.717, 1.165) is 4.88 Å². The predicted octanol–water partition coefficient (Wildman–Crippen LogP) is 0.522. The van der Waals surface area contributed by atoms with Crippen molar-refractivity contribution in [1.82, 2.24) is 10.3 Å². The van der Waals surface area contributed by atoms with Gasteiger partial charge in [0.2, 0.25) is 5.91 Å². The molecule has 0 spiro atoms. The quantitative estimate of drug-likeness (QED) is 0.736. The summed E-state index contributed by atoms with van der Waals surface area (Å²) in [6.45, 7) is 1.41. The van der Waals surface area contributed by atoms with Crippen molar-refractivity contribution in [2.24, 2.45) is 5.41 Å². The van der Waals surface area contributed by atoms with Crippen LogP contribution in [0.25, 0.3) is 0 Å². The highest BCUT2D eigenvalue weighted by atomic mass is 32.1. The molecule has 0 aromatic carbocycles. The van der Waals surface area contributed by atoms with Gasteiger partial charge in [-0.25, -0.2) is 0 Å². The molecule has 1 aromatic rings.